The van der Waals surface area contributed by atoms with Crippen LogP contribution in [-0.2, 0) is 0 Å². The molecule has 0 unspecified atom stereocenters. The number of carbonyl (C=O) groups is 1. The van der Waals surface area contributed by atoms with Crippen LogP contribution in [0.2, 0.25) is 5.02 Å². The first-order valence-electron chi connectivity index (χ1n) is 6.63. The van der Waals surface area contributed by atoms with Gasteiger partial charge in [0.1, 0.15) is 5.69 Å². The minimum Gasteiger partial charge on any atom is -0.364 e. The van der Waals surface area contributed by atoms with Gasteiger partial charge in [0.2, 0.25) is 0 Å². The lowest BCUT2D eigenvalue weighted by molar-refractivity contribution is 0.0996. The molecule has 0 aliphatic rings. The zero-order chi connectivity index (χ0) is 15.9. The Morgan fingerprint density at radius 1 is 1.23 bits per heavy atom. The van der Waals surface area contributed by atoms with Crippen LogP contribution in [0.25, 0.3) is 22.0 Å². The Kier molecular flexibility index (Phi) is 3.36. The van der Waals surface area contributed by atoms with Crippen LogP contribution in [-0.4, -0.2) is 10.9 Å². The molecule has 0 atom stereocenters. The minimum absolute atomic E-state index is 0.318. The van der Waals surface area contributed by atoms with Crippen molar-refractivity contribution in [1.82, 2.24) is 4.98 Å². The summed E-state index contributed by atoms with van der Waals surface area (Å²) in [6.07, 6.45) is 0. The third-order valence-electron chi connectivity index (χ3n) is 3.60. The number of aryl methyl sites for hydroxylation is 1. The largest absolute Gasteiger partial charge is 0.364 e. The molecule has 4 nitrogen and oxygen atoms in total. The highest BCUT2D eigenvalue weighted by Gasteiger charge is 2.13. The van der Waals surface area contributed by atoms with E-state index in [4.69, 9.17) is 17.3 Å². The van der Waals surface area contributed by atoms with Gasteiger partial charge in [-0.3, -0.25) is 4.79 Å². The molecular formula is C17H12ClN3O. The summed E-state index contributed by atoms with van der Waals surface area (Å²) < 4.78 is 0. The number of fused-ring (bicyclic) bond motifs is 1. The lowest BCUT2D eigenvalue weighted by atomic mass is 9.97. The standard InChI is InChI=1S/C17H12ClN3O/c1-9-4-12(18)2-3-13(9)14-6-10(8-19)5-11-7-15(17(20)22)21-16(11)14/h2-7,21H,1H3,(H2,20,22). The molecule has 1 heterocycles. The second kappa shape index (κ2) is 5.21. The Morgan fingerprint density at radius 3 is 2.64 bits per heavy atom. The predicted octanol–water partition coefficient (Wildman–Crippen LogP) is 3.77. The van der Waals surface area contributed by atoms with E-state index in [0.29, 0.717) is 16.3 Å². The first kappa shape index (κ1) is 14.2. The average molecular weight is 310 g/mol. The Labute approximate surface area is 132 Å². The van der Waals surface area contributed by atoms with E-state index in [1.165, 1.54) is 0 Å². The van der Waals surface area contributed by atoms with Gasteiger partial charge in [0.15, 0.2) is 0 Å². The van der Waals surface area contributed by atoms with Crippen molar-refractivity contribution in [3.05, 3.63) is 58.2 Å². The van der Waals surface area contributed by atoms with E-state index in [1.54, 1.807) is 24.3 Å². The van der Waals surface area contributed by atoms with Crippen molar-refractivity contribution in [2.45, 2.75) is 6.92 Å². The number of rotatable bonds is 2. The molecule has 2 aromatic carbocycles. The molecular weight excluding hydrogens is 298 g/mol. The van der Waals surface area contributed by atoms with Crippen LogP contribution in [0, 0.1) is 18.3 Å². The van der Waals surface area contributed by atoms with Crippen molar-refractivity contribution in [3.63, 3.8) is 0 Å². The molecule has 108 valence electrons. The van der Waals surface area contributed by atoms with Gasteiger partial charge in [0.25, 0.3) is 5.91 Å². The number of benzene rings is 2. The normalized spacial score (nSPS) is 10.6. The first-order chi connectivity index (χ1) is 10.5. The Hall–Kier alpha value is -2.77. The number of H-pyrrole nitrogens is 1. The molecule has 0 aliphatic carbocycles. The van der Waals surface area contributed by atoms with Crippen LogP contribution in [0.4, 0.5) is 0 Å². The molecule has 3 N–H and O–H groups in total. The number of hydrogen-bond acceptors (Lipinski definition) is 2. The number of halogens is 1. The van der Waals surface area contributed by atoms with Gasteiger partial charge in [-0.15, -0.1) is 0 Å². The fraction of sp³-hybridized carbons (Fsp3) is 0.0588. The van der Waals surface area contributed by atoms with Crippen LogP contribution in [0.3, 0.4) is 0 Å². The number of nitrogens with two attached hydrogens (primary N) is 1. The molecule has 0 aliphatic heterocycles. The second-order valence-corrected chi connectivity index (χ2v) is 5.54. The maximum absolute atomic E-state index is 11.4. The van der Waals surface area contributed by atoms with Gasteiger partial charge in [-0.05, 0) is 48.4 Å². The quantitative estimate of drug-likeness (QED) is 0.755. The van der Waals surface area contributed by atoms with Gasteiger partial charge >= 0.3 is 0 Å². The molecule has 5 heteroatoms. The molecule has 1 amide bonds. The molecule has 0 saturated carbocycles. The number of aromatic amines is 1. The third kappa shape index (κ3) is 2.32. The van der Waals surface area contributed by atoms with E-state index >= 15 is 0 Å². The van der Waals surface area contributed by atoms with E-state index in [2.05, 4.69) is 11.1 Å². The third-order valence-corrected chi connectivity index (χ3v) is 3.84. The number of nitrogens with zero attached hydrogens (tertiary/aromatic N) is 1. The molecule has 3 aromatic rings. The van der Waals surface area contributed by atoms with E-state index in [-0.39, 0.29) is 0 Å². The number of carbonyl (C=O) groups excluding carboxylic acids is 1. The molecule has 0 bridgehead atoms. The van der Waals surface area contributed by atoms with Crippen LogP contribution >= 0.6 is 11.6 Å². The Morgan fingerprint density at radius 2 is 2.00 bits per heavy atom. The number of aromatic nitrogens is 1. The summed E-state index contributed by atoms with van der Waals surface area (Å²) in [7, 11) is 0. The summed E-state index contributed by atoms with van der Waals surface area (Å²) in [6, 6.07) is 12.9. The summed E-state index contributed by atoms with van der Waals surface area (Å²) >= 11 is 6.01. The first-order valence-corrected chi connectivity index (χ1v) is 7.00. The summed E-state index contributed by atoms with van der Waals surface area (Å²) in [4.78, 5) is 14.4. The van der Waals surface area contributed by atoms with Gasteiger partial charge in [0.05, 0.1) is 17.1 Å². The highest BCUT2D eigenvalue weighted by atomic mass is 35.5. The lowest BCUT2D eigenvalue weighted by Crippen LogP contribution is -2.10. The molecule has 22 heavy (non-hydrogen) atoms. The summed E-state index contributed by atoms with van der Waals surface area (Å²) in [6.45, 7) is 1.95. The van der Waals surface area contributed by atoms with E-state index in [1.807, 2.05) is 19.1 Å². The van der Waals surface area contributed by atoms with Crippen molar-refractivity contribution in [2.24, 2.45) is 5.73 Å². The SMILES string of the molecule is Cc1cc(Cl)ccc1-c1cc(C#N)cc2cc(C(N)=O)[nH]c12. The lowest BCUT2D eigenvalue weighted by Gasteiger charge is -2.09. The highest BCUT2D eigenvalue weighted by Crippen LogP contribution is 2.33. The highest BCUT2D eigenvalue weighted by molar-refractivity contribution is 6.30. The number of amides is 1. The predicted molar refractivity (Wildman–Crippen MR) is 86.7 cm³/mol. The summed E-state index contributed by atoms with van der Waals surface area (Å²) in [5.41, 5.74) is 9.73. The second-order valence-electron chi connectivity index (χ2n) is 5.11. The summed E-state index contributed by atoms with van der Waals surface area (Å²) in [5.74, 6) is -0.534. The molecule has 3 rings (SSSR count). The molecule has 0 radical (unpaired) electrons. The van der Waals surface area contributed by atoms with E-state index < -0.39 is 5.91 Å². The van der Waals surface area contributed by atoms with Crippen molar-refractivity contribution >= 4 is 28.4 Å². The fourth-order valence-corrected chi connectivity index (χ4v) is 2.81. The van der Waals surface area contributed by atoms with Gasteiger partial charge in [-0.25, -0.2) is 0 Å². The number of primary amides is 1. The zero-order valence-electron chi connectivity index (χ0n) is 11.8. The maximum Gasteiger partial charge on any atom is 0.265 e. The molecule has 0 fully saturated rings. The van der Waals surface area contributed by atoms with Gasteiger partial charge in [-0.1, -0.05) is 17.7 Å². The molecule has 1 aromatic heterocycles. The van der Waals surface area contributed by atoms with Crippen molar-refractivity contribution in [1.29, 1.82) is 5.26 Å². The Bertz CT molecular complexity index is 950. The van der Waals surface area contributed by atoms with Crippen LogP contribution < -0.4 is 5.73 Å². The van der Waals surface area contributed by atoms with Gasteiger partial charge in [0, 0.05) is 16.0 Å². The summed E-state index contributed by atoms with van der Waals surface area (Å²) in [5, 5.41) is 10.7. The topological polar surface area (TPSA) is 82.7 Å². The average Bonchev–Trinajstić information content (AvgIpc) is 2.90. The molecule has 0 saturated heterocycles. The van der Waals surface area contributed by atoms with Crippen molar-refractivity contribution in [3.8, 4) is 17.2 Å². The number of hydrogen-bond donors (Lipinski definition) is 2. The smallest absolute Gasteiger partial charge is 0.265 e. The molecule has 0 spiro atoms. The van der Waals surface area contributed by atoms with Gasteiger partial charge < -0.3 is 10.7 Å². The van der Waals surface area contributed by atoms with Crippen LogP contribution in [0.1, 0.15) is 21.6 Å². The number of nitriles is 1. The van der Waals surface area contributed by atoms with Crippen molar-refractivity contribution < 1.29 is 4.79 Å². The monoisotopic (exact) mass is 309 g/mol. The minimum atomic E-state index is -0.534. The maximum atomic E-state index is 11.4. The zero-order valence-corrected chi connectivity index (χ0v) is 12.5. The van der Waals surface area contributed by atoms with Gasteiger partial charge in [-0.2, -0.15) is 5.26 Å². The number of nitrogens with one attached hydrogen (secondary N) is 1. The van der Waals surface area contributed by atoms with Crippen LogP contribution in [0.15, 0.2) is 36.4 Å². The Balaban J connectivity index is 2.36. The van der Waals surface area contributed by atoms with E-state index in [0.717, 1.165) is 27.6 Å². The van der Waals surface area contributed by atoms with Crippen molar-refractivity contribution in [2.75, 3.05) is 0 Å². The fourth-order valence-electron chi connectivity index (χ4n) is 2.58. The van der Waals surface area contributed by atoms with Crippen LogP contribution in [0.5, 0.6) is 0 Å². The van der Waals surface area contributed by atoms with E-state index in [9.17, 15) is 10.1 Å².